The van der Waals surface area contributed by atoms with Crippen LogP contribution in [-0.2, 0) is 0 Å². The van der Waals surface area contributed by atoms with Crippen molar-refractivity contribution in [2.24, 2.45) is 11.3 Å². The SMILES string of the molecule is C[C@@H](Nc1ccc2[nH]ncc2c1)[C@H]1CC1(C)C. The molecule has 1 heterocycles. The molecule has 0 saturated heterocycles. The largest absolute Gasteiger partial charge is 0.382 e. The van der Waals surface area contributed by atoms with Gasteiger partial charge in [0.15, 0.2) is 0 Å². The molecule has 1 aromatic heterocycles. The summed E-state index contributed by atoms with van der Waals surface area (Å²) in [4.78, 5) is 0. The molecule has 2 aromatic rings. The van der Waals surface area contributed by atoms with Crippen LogP contribution >= 0.6 is 0 Å². The number of fused-ring (bicyclic) bond motifs is 1. The molecular formula is C14H19N3. The van der Waals surface area contributed by atoms with E-state index >= 15 is 0 Å². The van der Waals surface area contributed by atoms with Crippen LogP contribution in [0.2, 0.25) is 0 Å². The zero-order valence-electron chi connectivity index (χ0n) is 10.6. The van der Waals surface area contributed by atoms with E-state index in [-0.39, 0.29) is 0 Å². The molecule has 1 saturated carbocycles. The number of nitrogens with one attached hydrogen (secondary N) is 2. The van der Waals surface area contributed by atoms with Crippen molar-refractivity contribution >= 4 is 16.6 Å². The zero-order valence-corrected chi connectivity index (χ0v) is 10.6. The Balaban J connectivity index is 1.76. The van der Waals surface area contributed by atoms with E-state index < -0.39 is 0 Å². The second-order valence-corrected chi connectivity index (χ2v) is 5.90. The number of hydrogen-bond donors (Lipinski definition) is 2. The maximum atomic E-state index is 4.04. The van der Waals surface area contributed by atoms with Crippen molar-refractivity contribution in [2.45, 2.75) is 33.2 Å². The summed E-state index contributed by atoms with van der Waals surface area (Å²) in [5.41, 5.74) is 2.80. The van der Waals surface area contributed by atoms with Crippen LogP contribution in [0.5, 0.6) is 0 Å². The van der Waals surface area contributed by atoms with Crippen LogP contribution in [0.1, 0.15) is 27.2 Å². The first-order chi connectivity index (χ1) is 8.06. The minimum absolute atomic E-state index is 0.520. The highest BCUT2D eigenvalue weighted by atomic mass is 15.1. The first-order valence-electron chi connectivity index (χ1n) is 6.26. The molecule has 90 valence electrons. The van der Waals surface area contributed by atoms with Crippen molar-refractivity contribution in [3.05, 3.63) is 24.4 Å². The second kappa shape index (κ2) is 3.49. The summed E-state index contributed by atoms with van der Waals surface area (Å²) < 4.78 is 0. The van der Waals surface area contributed by atoms with Crippen molar-refractivity contribution in [2.75, 3.05) is 5.32 Å². The van der Waals surface area contributed by atoms with E-state index in [0.717, 1.165) is 16.8 Å². The van der Waals surface area contributed by atoms with Crippen LogP contribution in [0.25, 0.3) is 10.9 Å². The summed E-state index contributed by atoms with van der Waals surface area (Å²) in [5.74, 6) is 0.794. The molecule has 0 amide bonds. The van der Waals surface area contributed by atoms with E-state index in [9.17, 15) is 0 Å². The minimum atomic E-state index is 0.520. The van der Waals surface area contributed by atoms with Crippen LogP contribution in [-0.4, -0.2) is 16.2 Å². The van der Waals surface area contributed by atoms with Crippen molar-refractivity contribution < 1.29 is 0 Å². The van der Waals surface area contributed by atoms with E-state index in [4.69, 9.17) is 0 Å². The smallest absolute Gasteiger partial charge is 0.0651 e. The Morgan fingerprint density at radius 3 is 2.94 bits per heavy atom. The lowest BCUT2D eigenvalue weighted by Crippen LogP contribution is -2.19. The predicted octanol–water partition coefficient (Wildman–Crippen LogP) is 3.41. The van der Waals surface area contributed by atoms with Gasteiger partial charge in [0.2, 0.25) is 0 Å². The van der Waals surface area contributed by atoms with Gasteiger partial charge in [0, 0.05) is 17.1 Å². The zero-order chi connectivity index (χ0) is 12.0. The first kappa shape index (κ1) is 10.6. The van der Waals surface area contributed by atoms with Gasteiger partial charge in [-0.05, 0) is 42.9 Å². The highest BCUT2D eigenvalue weighted by Gasteiger charge is 2.48. The molecule has 1 aromatic carbocycles. The van der Waals surface area contributed by atoms with Gasteiger partial charge in [0.25, 0.3) is 0 Å². The van der Waals surface area contributed by atoms with Crippen LogP contribution in [0, 0.1) is 11.3 Å². The Kier molecular flexibility index (Phi) is 2.18. The summed E-state index contributed by atoms with van der Waals surface area (Å²) in [6, 6.07) is 6.89. The lowest BCUT2D eigenvalue weighted by molar-refractivity contribution is 0.519. The van der Waals surface area contributed by atoms with Gasteiger partial charge in [-0.1, -0.05) is 13.8 Å². The molecule has 3 heteroatoms. The average molecular weight is 229 g/mol. The molecule has 0 bridgehead atoms. The lowest BCUT2D eigenvalue weighted by atomic mass is 10.0. The Morgan fingerprint density at radius 2 is 2.24 bits per heavy atom. The molecule has 0 spiro atoms. The maximum Gasteiger partial charge on any atom is 0.0651 e. The van der Waals surface area contributed by atoms with Crippen LogP contribution in [0.15, 0.2) is 24.4 Å². The number of aromatic nitrogens is 2. The third kappa shape index (κ3) is 1.90. The first-order valence-corrected chi connectivity index (χ1v) is 6.26. The van der Waals surface area contributed by atoms with E-state index in [2.05, 4.69) is 54.5 Å². The topological polar surface area (TPSA) is 40.7 Å². The molecule has 2 atom stereocenters. The van der Waals surface area contributed by atoms with E-state index in [0.29, 0.717) is 11.5 Å². The number of rotatable bonds is 3. The second-order valence-electron chi connectivity index (χ2n) is 5.90. The highest BCUT2D eigenvalue weighted by Crippen LogP contribution is 2.53. The summed E-state index contributed by atoms with van der Waals surface area (Å²) in [5, 5.41) is 11.8. The Labute approximate surface area is 102 Å². The van der Waals surface area contributed by atoms with Crippen molar-refractivity contribution in [1.29, 1.82) is 0 Å². The number of nitrogens with zero attached hydrogens (tertiary/aromatic N) is 1. The van der Waals surface area contributed by atoms with Crippen molar-refractivity contribution in [3.8, 4) is 0 Å². The molecular weight excluding hydrogens is 210 g/mol. The Bertz CT molecular complexity index is 541. The summed E-state index contributed by atoms with van der Waals surface area (Å²) in [6.07, 6.45) is 3.20. The molecule has 0 aliphatic heterocycles. The fraction of sp³-hybridized carbons (Fsp3) is 0.500. The molecule has 1 aliphatic carbocycles. The van der Waals surface area contributed by atoms with Crippen LogP contribution in [0.4, 0.5) is 5.69 Å². The van der Waals surface area contributed by atoms with E-state index in [1.165, 1.54) is 12.1 Å². The number of hydrogen-bond acceptors (Lipinski definition) is 2. The van der Waals surface area contributed by atoms with Gasteiger partial charge < -0.3 is 5.32 Å². The van der Waals surface area contributed by atoms with Gasteiger partial charge in [-0.3, -0.25) is 5.10 Å². The van der Waals surface area contributed by atoms with Crippen molar-refractivity contribution in [1.82, 2.24) is 10.2 Å². The van der Waals surface area contributed by atoms with Gasteiger partial charge in [-0.15, -0.1) is 0 Å². The number of benzene rings is 1. The molecule has 0 unspecified atom stereocenters. The summed E-state index contributed by atoms with van der Waals surface area (Å²) >= 11 is 0. The molecule has 0 radical (unpaired) electrons. The van der Waals surface area contributed by atoms with Gasteiger partial charge in [0.05, 0.1) is 11.7 Å². The quantitative estimate of drug-likeness (QED) is 0.846. The summed E-state index contributed by atoms with van der Waals surface area (Å²) in [6.45, 7) is 6.96. The molecule has 3 rings (SSSR count). The Hall–Kier alpha value is -1.51. The van der Waals surface area contributed by atoms with E-state index in [1.807, 2.05) is 6.20 Å². The number of aromatic amines is 1. The average Bonchev–Trinajstić information content (AvgIpc) is 2.73. The third-order valence-corrected chi connectivity index (χ3v) is 4.03. The normalized spacial score (nSPS) is 23.6. The lowest BCUT2D eigenvalue weighted by Gasteiger charge is -2.16. The monoisotopic (exact) mass is 229 g/mol. The van der Waals surface area contributed by atoms with Gasteiger partial charge >= 0.3 is 0 Å². The predicted molar refractivity (Wildman–Crippen MR) is 71.1 cm³/mol. The van der Waals surface area contributed by atoms with Gasteiger partial charge in [0.1, 0.15) is 0 Å². The number of H-pyrrole nitrogens is 1. The molecule has 1 fully saturated rings. The molecule has 1 aliphatic rings. The summed E-state index contributed by atoms with van der Waals surface area (Å²) in [7, 11) is 0. The molecule has 2 N–H and O–H groups in total. The van der Waals surface area contributed by atoms with Gasteiger partial charge in [-0.25, -0.2) is 0 Å². The van der Waals surface area contributed by atoms with Crippen LogP contribution < -0.4 is 5.32 Å². The third-order valence-electron chi connectivity index (χ3n) is 4.03. The van der Waals surface area contributed by atoms with Gasteiger partial charge in [-0.2, -0.15) is 5.10 Å². The maximum absolute atomic E-state index is 4.04. The molecule has 17 heavy (non-hydrogen) atoms. The Morgan fingerprint density at radius 1 is 1.47 bits per heavy atom. The number of anilines is 1. The van der Waals surface area contributed by atoms with E-state index in [1.54, 1.807) is 0 Å². The van der Waals surface area contributed by atoms with Crippen LogP contribution in [0.3, 0.4) is 0 Å². The van der Waals surface area contributed by atoms with Crippen molar-refractivity contribution in [3.63, 3.8) is 0 Å². The standard InChI is InChI=1S/C14H19N3/c1-9(12-7-14(12,2)3)16-11-4-5-13-10(6-11)8-15-17-13/h4-6,8-9,12,16H,7H2,1-3H3,(H,15,17)/t9-,12-/m1/s1. The minimum Gasteiger partial charge on any atom is -0.382 e. The highest BCUT2D eigenvalue weighted by molar-refractivity contribution is 5.81. The fourth-order valence-electron chi connectivity index (χ4n) is 2.76. The molecule has 3 nitrogen and oxygen atoms in total. The fourth-order valence-corrected chi connectivity index (χ4v) is 2.76.